The molecule has 1 N–H and O–H groups in total. The Hall–Kier alpha value is -1.75. The van der Waals surface area contributed by atoms with Crippen LogP contribution in [-0.2, 0) is 11.2 Å². The lowest BCUT2D eigenvalue weighted by Crippen LogP contribution is -2.47. The minimum absolute atomic E-state index is 0.409. The lowest BCUT2D eigenvalue weighted by molar-refractivity contribution is 0.0264. The lowest BCUT2D eigenvalue weighted by atomic mass is 10.1. The highest BCUT2D eigenvalue weighted by molar-refractivity contribution is 5.80. The molecule has 0 amide bonds. The molecule has 0 radical (unpaired) electrons. The third-order valence-electron chi connectivity index (χ3n) is 4.83. The second-order valence-electron chi connectivity index (χ2n) is 6.97. The molecule has 5 heteroatoms. The van der Waals surface area contributed by atoms with Gasteiger partial charge in [0, 0.05) is 32.8 Å². The largest absolute Gasteiger partial charge is 0.494 e. The van der Waals surface area contributed by atoms with Crippen molar-refractivity contribution in [3.05, 3.63) is 29.8 Å². The maximum atomic E-state index is 5.75. The molecule has 0 bridgehead atoms. The maximum Gasteiger partial charge on any atom is 0.193 e. The molecule has 0 aromatic heterocycles. The first-order valence-corrected chi connectivity index (χ1v) is 10.6. The van der Waals surface area contributed by atoms with Gasteiger partial charge in [0.1, 0.15) is 5.75 Å². The van der Waals surface area contributed by atoms with Crippen LogP contribution in [0, 0.1) is 0 Å². The van der Waals surface area contributed by atoms with Gasteiger partial charge in [-0.05, 0) is 57.2 Å². The zero-order valence-corrected chi connectivity index (χ0v) is 17.4. The van der Waals surface area contributed by atoms with Gasteiger partial charge < -0.3 is 19.7 Å². The van der Waals surface area contributed by atoms with E-state index in [4.69, 9.17) is 14.5 Å². The smallest absolute Gasteiger partial charge is 0.193 e. The predicted octanol–water partition coefficient (Wildman–Crippen LogP) is 3.87. The highest BCUT2D eigenvalue weighted by Crippen LogP contribution is 2.15. The number of hydrogen-bond acceptors (Lipinski definition) is 3. The van der Waals surface area contributed by atoms with Crippen molar-refractivity contribution in [2.45, 2.75) is 59.0 Å². The first-order valence-electron chi connectivity index (χ1n) is 10.6. The second kappa shape index (κ2) is 12.6. The van der Waals surface area contributed by atoms with Crippen molar-refractivity contribution >= 4 is 5.96 Å². The summed E-state index contributed by atoms with van der Waals surface area (Å²) in [7, 11) is 0. The first-order chi connectivity index (χ1) is 13.3. The van der Waals surface area contributed by atoms with Gasteiger partial charge in [0.2, 0.25) is 0 Å². The van der Waals surface area contributed by atoms with Crippen molar-refractivity contribution in [2.75, 3.05) is 39.4 Å². The number of nitrogens with zero attached hydrogens (tertiary/aromatic N) is 2. The van der Waals surface area contributed by atoms with E-state index in [9.17, 15) is 0 Å². The van der Waals surface area contributed by atoms with Crippen LogP contribution in [0.2, 0.25) is 0 Å². The van der Waals surface area contributed by atoms with Crippen molar-refractivity contribution in [2.24, 2.45) is 4.99 Å². The van der Waals surface area contributed by atoms with Crippen LogP contribution in [0.25, 0.3) is 0 Å². The second-order valence-corrected chi connectivity index (χ2v) is 6.97. The van der Waals surface area contributed by atoms with Gasteiger partial charge >= 0.3 is 0 Å². The monoisotopic (exact) mass is 375 g/mol. The quantitative estimate of drug-likeness (QED) is 0.383. The van der Waals surface area contributed by atoms with E-state index in [0.29, 0.717) is 6.10 Å². The van der Waals surface area contributed by atoms with E-state index < -0.39 is 0 Å². The van der Waals surface area contributed by atoms with E-state index in [1.165, 1.54) is 5.56 Å². The first kappa shape index (κ1) is 21.5. The summed E-state index contributed by atoms with van der Waals surface area (Å²) in [6.45, 7) is 11.7. The summed E-state index contributed by atoms with van der Waals surface area (Å²) in [4.78, 5) is 7.21. The van der Waals surface area contributed by atoms with E-state index in [1.807, 2.05) is 0 Å². The summed E-state index contributed by atoms with van der Waals surface area (Å²) in [5.74, 6) is 1.99. The molecular weight excluding hydrogens is 338 g/mol. The lowest BCUT2D eigenvalue weighted by Gasteiger charge is -2.34. The third-order valence-corrected chi connectivity index (χ3v) is 4.83. The average Bonchev–Trinajstić information content (AvgIpc) is 2.70. The van der Waals surface area contributed by atoms with Gasteiger partial charge in [-0.15, -0.1) is 0 Å². The molecule has 0 spiro atoms. The van der Waals surface area contributed by atoms with Crippen LogP contribution in [0.5, 0.6) is 5.75 Å². The topological polar surface area (TPSA) is 46.1 Å². The van der Waals surface area contributed by atoms with Crippen LogP contribution in [0.1, 0.15) is 52.0 Å². The Morgan fingerprint density at radius 2 is 1.89 bits per heavy atom. The van der Waals surface area contributed by atoms with Gasteiger partial charge in [0.15, 0.2) is 5.96 Å². The Morgan fingerprint density at radius 1 is 1.15 bits per heavy atom. The van der Waals surface area contributed by atoms with E-state index >= 15 is 0 Å². The van der Waals surface area contributed by atoms with Gasteiger partial charge in [-0.3, -0.25) is 4.99 Å². The number of likely N-dealkylation sites (tertiary alicyclic amines) is 1. The molecule has 5 nitrogen and oxygen atoms in total. The summed E-state index contributed by atoms with van der Waals surface area (Å²) in [6.07, 6.45) is 5.78. The molecule has 2 rings (SSSR count). The molecule has 152 valence electrons. The van der Waals surface area contributed by atoms with E-state index in [0.717, 1.165) is 83.2 Å². The van der Waals surface area contributed by atoms with Crippen LogP contribution in [0.4, 0.5) is 0 Å². The Kier molecular flexibility index (Phi) is 10.1. The summed E-state index contributed by atoms with van der Waals surface area (Å²) in [6, 6.07) is 8.44. The Labute approximate surface area is 165 Å². The van der Waals surface area contributed by atoms with Crippen molar-refractivity contribution in [3.63, 3.8) is 0 Å². The molecule has 1 aromatic carbocycles. The van der Waals surface area contributed by atoms with Crippen molar-refractivity contribution < 1.29 is 9.47 Å². The fourth-order valence-electron chi connectivity index (χ4n) is 3.27. The number of ether oxygens (including phenoxy) is 2. The average molecular weight is 376 g/mol. The van der Waals surface area contributed by atoms with E-state index in [-0.39, 0.29) is 0 Å². The number of rotatable bonds is 10. The fraction of sp³-hybridized carbons (Fsp3) is 0.682. The summed E-state index contributed by atoms with van der Waals surface area (Å²) in [5.41, 5.74) is 1.30. The number of aliphatic imine (C=N–C) groups is 1. The van der Waals surface area contributed by atoms with Crippen LogP contribution in [0.15, 0.2) is 29.3 Å². The highest BCUT2D eigenvalue weighted by Gasteiger charge is 2.21. The molecule has 0 unspecified atom stereocenters. The molecule has 0 saturated carbocycles. The summed E-state index contributed by atoms with van der Waals surface area (Å²) in [5, 5.41) is 3.44. The SMILES string of the molecule is CCCCOc1ccc(CCN=C(NCC)N2CCC(OCC)CC2)cc1. The molecule has 1 heterocycles. The third kappa shape index (κ3) is 7.79. The standard InChI is InChI=1S/C22H37N3O2/c1-4-7-18-27-20-10-8-19(9-11-20)12-15-24-22(23-5-2)25-16-13-21(14-17-25)26-6-3/h8-11,21H,4-7,12-18H2,1-3H3,(H,23,24). The molecule has 1 aromatic rings. The number of piperidine rings is 1. The normalized spacial score (nSPS) is 15.8. The Balaban J connectivity index is 1.81. The predicted molar refractivity (Wildman–Crippen MR) is 113 cm³/mol. The Bertz CT molecular complexity index is 537. The van der Waals surface area contributed by atoms with Crippen molar-refractivity contribution in [3.8, 4) is 5.75 Å². The van der Waals surface area contributed by atoms with Crippen LogP contribution >= 0.6 is 0 Å². The minimum Gasteiger partial charge on any atom is -0.494 e. The van der Waals surface area contributed by atoms with Gasteiger partial charge in [-0.2, -0.15) is 0 Å². The highest BCUT2D eigenvalue weighted by atomic mass is 16.5. The number of nitrogens with one attached hydrogen (secondary N) is 1. The fourth-order valence-corrected chi connectivity index (χ4v) is 3.27. The van der Waals surface area contributed by atoms with Gasteiger partial charge in [0.25, 0.3) is 0 Å². The zero-order chi connectivity index (χ0) is 19.3. The van der Waals surface area contributed by atoms with Gasteiger partial charge in [0.05, 0.1) is 12.7 Å². The van der Waals surface area contributed by atoms with Crippen molar-refractivity contribution in [1.29, 1.82) is 0 Å². The van der Waals surface area contributed by atoms with Crippen LogP contribution in [0.3, 0.4) is 0 Å². The van der Waals surface area contributed by atoms with Gasteiger partial charge in [-0.25, -0.2) is 0 Å². The summed E-state index contributed by atoms with van der Waals surface area (Å²) >= 11 is 0. The molecular formula is C22H37N3O2. The zero-order valence-electron chi connectivity index (χ0n) is 17.4. The summed E-state index contributed by atoms with van der Waals surface area (Å²) < 4.78 is 11.5. The molecule has 1 aliphatic heterocycles. The maximum absolute atomic E-state index is 5.75. The molecule has 0 aliphatic carbocycles. The Morgan fingerprint density at radius 3 is 2.52 bits per heavy atom. The van der Waals surface area contributed by atoms with E-state index in [2.05, 4.69) is 55.3 Å². The number of benzene rings is 1. The van der Waals surface area contributed by atoms with Crippen LogP contribution in [-0.4, -0.2) is 56.4 Å². The number of guanidine groups is 1. The van der Waals surface area contributed by atoms with E-state index in [1.54, 1.807) is 0 Å². The molecule has 27 heavy (non-hydrogen) atoms. The number of hydrogen-bond donors (Lipinski definition) is 1. The number of unbranched alkanes of at least 4 members (excludes halogenated alkanes) is 1. The molecule has 1 aliphatic rings. The van der Waals surface area contributed by atoms with Gasteiger partial charge in [-0.1, -0.05) is 25.5 Å². The van der Waals surface area contributed by atoms with Crippen LogP contribution < -0.4 is 10.1 Å². The molecule has 1 saturated heterocycles. The minimum atomic E-state index is 0.409. The van der Waals surface area contributed by atoms with Crippen molar-refractivity contribution in [1.82, 2.24) is 10.2 Å². The molecule has 0 atom stereocenters. The molecule has 1 fully saturated rings.